The van der Waals surface area contributed by atoms with Crippen LogP contribution in [0.4, 0.5) is 11.5 Å². The molecular weight excluding hydrogens is 383 g/mol. The molecule has 0 saturated heterocycles. The molecule has 0 unspecified atom stereocenters. The lowest BCUT2D eigenvalue weighted by Gasteiger charge is -2.29. The Balaban J connectivity index is 1.48. The predicted molar refractivity (Wildman–Crippen MR) is 108 cm³/mol. The van der Waals surface area contributed by atoms with Crippen LogP contribution in [0.1, 0.15) is 21.6 Å². The molecule has 1 N–H and O–H groups in total. The molecule has 0 aliphatic carbocycles. The number of carbonyl (C=O) groups is 1. The van der Waals surface area contributed by atoms with Crippen molar-refractivity contribution in [3.63, 3.8) is 0 Å². The van der Waals surface area contributed by atoms with E-state index in [0.717, 1.165) is 25.3 Å². The summed E-state index contributed by atoms with van der Waals surface area (Å²) in [5.74, 6) is 0.365. The monoisotopic (exact) mass is 398 g/mol. The van der Waals surface area contributed by atoms with E-state index in [1.165, 1.54) is 17.3 Å². The Labute approximate surface area is 167 Å². The van der Waals surface area contributed by atoms with Gasteiger partial charge in [-0.15, -0.1) is 0 Å². The van der Waals surface area contributed by atoms with Gasteiger partial charge in [0.25, 0.3) is 5.91 Å². The third-order valence-electron chi connectivity index (χ3n) is 4.53. The minimum Gasteiger partial charge on any atom is -0.351 e. The third kappa shape index (κ3) is 3.75. The van der Waals surface area contributed by atoms with Crippen molar-refractivity contribution in [3.8, 4) is 0 Å². The predicted octanol–water partition coefficient (Wildman–Crippen LogP) is 4.60. The molecule has 0 atom stereocenters. The van der Waals surface area contributed by atoms with Crippen LogP contribution in [0.5, 0.6) is 0 Å². The minimum absolute atomic E-state index is 0.215. The second kappa shape index (κ2) is 7.55. The van der Waals surface area contributed by atoms with Crippen LogP contribution in [0.2, 0.25) is 10.0 Å². The van der Waals surface area contributed by atoms with Crippen molar-refractivity contribution in [1.29, 1.82) is 0 Å². The molecule has 3 aromatic rings. The highest BCUT2D eigenvalue weighted by Crippen LogP contribution is 2.29. The van der Waals surface area contributed by atoms with E-state index < -0.39 is 0 Å². The lowest BCUT2D eigenvalue weighted by molar-refractivity contribution is 0.102. The molecule has 1 aromatic heterocycles. The summed E-state index contributed by atoms with van der Waals surface area (Å²) in [7, 11) is 0. The average molecular weight is 399 g/mol. The maximum Gasteiger partial charge on any atom is 0.275 e. The second-order valence-electron chi connectivity index (χ2n) is 6.26. The molecule has 4 rings (SSSR count). The van der Waals surface area contributed by atoms with Gasteiger partial charge < -0.3 is 10.2 Å². The van der Waals surface area contributed by atoms with E-state index in [-0.39, 0.29) is 11.6 Å². The summed E-state index contributed by atoms with van der Waals surface area (Å²) in [5, 5.41) is 3.38. The molecule has 1 aliphatic heterocycles. The molecule has 2 aromatic carbocycles. The van der Waals surface area contributed by atoms with Crippen molar-refractivity contribution in [3.05, 3.63) is 81.7 Å². The zero-order valence-electron chi connectivity index (χ0n) is 14.3. The maximum atomic E-state index is 12.4. The molecule has 1 amide bonds. The van der Waals surface area contributed by atoms with Gasteiger partial charge in [0.1, 0.15) is 11.5 Å². The van der Waals surface area contributed by atoms with Crippen LogP contribution in [0.25, 0.3) is 0 Å². The summed E-state index contributed by atoms with van der Waals surface area (Å²) in [5.41, 5.74) is 3.32. The Morgan fingerprint density at radius 1 is 1.00 bits per heavy atom. The average Bonchev–Trinajstić information content (AvgIpc) is 2.71. The Morgan fingerprint density at radius 3 is 2.59 bits per heavy atom. The first-order valence-electron chi connectivity index (χ1n) is 8.51. The van der Waals surface area contributed by atoms with Gasteiger partial charge in [0.15, 0.2) is 0 Å². The topological polar surface area (TPSA) is 58.1 Å². The highest BCUT2D eigenvalue weighted by Gasteiger charge is 2.18. The first-order chi connectivity index (χ1) is 13.1. The fraction of sp³-hybridized carbons (Fsp3) is 0.150. The smallest absolute Gasteiger partial charge is 0.275 e. The largest absolute Gasteiger partial charge is 0.351 e. The summed E-state index contributed by atoms with van der Waals surface area (Å²) >= 11 is 12.1. The van der Waals surface area contributed by atoms with Crippen LogP contribution in [0.15, 0.2) is 54.9 Å². The molecule has 0 bridgehead atoms. The van der Waals surface area contributed by atoms with Crippen molar-refractivity contribution in [1.82, 2.24) is 9.97 Å². The molecule has 27 heavy (non-hydrogen) atoms. The number of fused-ring (bicyclic) bond motifs is 1. The van der Waals surface area contributed by atoms with Crippen LogP contribution >= 0.6 is 23.2 Å². The lowest BCUT2D eigenvalue weighted by Crippen LogP contribution is -2.31. The van der Waals surface area contributed by atoms with Gasteiger partial charge >= 0.3 is 0 Å². The molecule has 5 nitrogen and oxygen atoms in total. The SMILES string of the molecule is O=C(Nc1cccc(Cl)c1Cl)c1cnc(N2CCc3ccccc3C2)cn1. The zero-order valence-corrected chi connectivity index (χ0v) is 15.8. The number of hydrogen-bond acceptors (Lipinski definition) is 4. The highest BCUT2D eigenvalue weighted by atomic mass is 35.5. The van der Waals surface area contributed by atoms with Gasteiger partial charge in [-0.2, -0.15) is 0 Å². The summed E-state index contributed by atoms with van der Waals surface area (Å²) < 4.78 is 0. The van der Waals surface area contributed by atoms with E-state index >= 15 is 0 Å². The van der Waals surface area contributed by atoms with Crippen molar-refractivity contribution in [2.24, 2.45) is 0 Å². The summed E-state index contributed by atoms with van der Waals surface area (Å²) in [6, 6.07) is 13.4. The molecule has 7 heteroatoms. The van der Waals surface area contributed by atoms with Gasteiger partial charge in [0, 0.05) is 13.1 Å². The standard InChI is InChI=1S/C20H16Cl2N4O/c21-15-6-3-7-16(19(15)22)25-20(27)17-10-24-18(11-23-17)26-9-8-13-4-1-2-5-14(13)12-26/h1-7,10-11H,8-9,12H2,(H,25,27). The molecule has 136 valence electrons. The second-order valence-corrected chi connectivity index (χ2v) is 7.04. The first-order valence-corrected chi connectivity index (χ1v) is 9.26. The van der Waals surface area contributed by atoms with Crippen molar-refractivity contribution >= 4 is 40.6 Å². The van der Waals surface area contributed by atoms with Gasteiger partial charge in [-0.25, -0.2) is 9.97 Å². The third-order valence-corrected chi connectivity index (χ3v) is 5.34. The van der Waals surface area contributed by atoms with Crippen molar-refractivity contribution in [2.45, 2.75) is 13.0 Å². The summed E-state index contributed by atoms with van der Waals surface area (Å²) in [6.07, 6.45) is 4.07. The number of amides is 1. The van der Waals surface area contributed by atoms with E-state index in [0.29, 0.717) is 15.7 Å². The van der Waals surface area contributed by atoms with Crippen LogP contribution in [0.3, 0.4) is 0 Å². The Morgan fingerprint density at radius 2 is 1.81 bits per heavy atom. The van der Waals surface area contributed by atoms with Gasteiger partial charge in [-0.1, -0.05) is 53.5 Å². The van der Waals surface area contributed by atoms with Crippen LogP contribution < -0.4 is 10.2 Å². The number of halogens is 2. The van der Waals surface area contributed by atoms with Gasteiger partial charge in [-0.05, 0) is 29.7 Å². The quantitative estimate of drug-likeness (QED) is 0.700. The fourth-order valence-corrected chi connectivity index (χ4v) is 3.43. The van der Waals surface area contributed by atoms with Crippen molar-refractivity contribution < 1.29 is 4.79 Å². The van der Waals surface area contributed by atoms with Crippen LogP contribution in [-0.4, -0.2) is 22.4 Å². The Kier molecular flexibility index (Phi) is 4.97. The fourth-order valence-electron chi connectivity index (χ4n) is 3.08. The van der Waals surface area contributed by atoms with E-state index in [4.69, 9.17) is 23.2 Å². The van der Waals surface area contributed by atoms with E-state index in [9.17, 15) is 4.79 Å². The van der Waals surface area contributed by atoms with Crippen LogP contribution in [0, 0.1) is 0 Å². The van der Waals surface area contributed by atoms with E-state index in [1.54, 1.807) is 24.4 Å². The van der Waals surface area contributed by atoms with Gasteiger partial charge in [0.05, 0.1) is 28.1 Å². The lowest BCUT2D eigenvalue weighted by atomic mass is 10.0. The Bertz CT molecular complexity index is 992. The van der Waals surface area contributed by atoms with Crippen molar-refractivity contribution in [2.75, 3.05) is 16.8 Å². The Hall–Kier alpha value is -2.63. The first kappa shape index (κ1) is 17.8. The number of benzene rings is 2. The van der Waals surface area contributed by atoms with E-state index in [1.807, 2.05) is 6.07 Å². The normalized spacial score (nSPS) is 13.2. The number of aromatic nitrogens is 2. The number of nitrogens with one attached hydrogen (secondary N) is 1. The molecule has 2 heterocycles. The maximum absolute atomic E-state index is 12.4. The molecule has 1 aliphatic rings. The number of anilines is 2. The highest BCUT2D eigenvalue weighted by molar-refractivity contribution is 6.44. The van der Waals surface area contributed by atoms with Crippen LogP contribution in [-0.2, 0) is 13.0 Å². The molecule has 0 radical (unpaired) electrons. The molecule has 0 fully saturated rings. The minimum atomic E-state index is -0.387. The van der Waals surface area contributed by atoms with E-state index in [2.05, 4.69) is 38.4 Å². The van der Waals surface area contributed by atoms with Gasteiger partial charge in [0.2, 0.25) is 0 Å². The number of carbonyl (C=O) groups excluding carboxylic acids is 1. The summed E-state index contributed by atoms with van der Waals surface area (Å²) in [4.78, 5) is 23.2. The number of nitrogens with zero attached hydrogens (tertiary/aromatic N) is 3. The summed E-state index contributed by atoms with van der Waals surface area (Å²) in [6.45, 7) is 1.66. The molecule has 0 saturated carbocycles. The zero-order chi connectivity index (χ0) is 18.8. The molecular formula is C20H16Cl2N4O. The number of hydrogen-bond donors (Lipinski definition) is 1. The number of rotatable bonds is 3. The molecule has 0 spiro atoms. The van der Waals surface area contributed by atoms with Gasteiger partial charge in [-0.3, -0.25) is 4.79 Å².